The van der Waals surface area contributed by atoms with Gasteiger partial charge in [0.1, 0.15) is 0 Å². The summed E-state index contributed by atoms with van der Waals surface area (Å²) in [4.78, 5) is 20.1. The Morgan fingerprint density at radius 2 is 0.941 bits per heavy atom. The minimum absolute atomic E-state index is 0. The van der Waals surface area contributed by atoms with E-state index in [1.54, 1.807) is 0 Å². The van der Waals surface area contributed by atoms with E-state index < -0.39 is 11.9 Å². The summed E-state index contributed by atoms with van der Waals surface area (Å²) in [5.41, 5.74) is 0. The maximum absolute atomic E-state index is 10.1. The Hall–Kier alpha value is 0.135. The Labute approximate surface area is 132 Å². The summed E-state index contributed by atoms with van der Waals surface area (Å²) < 4.78 is 0. The summed E-state index contributed by atoms with van der Waals surface area (Å²) in [5.74, 6) is -2.32. The molecule has 0 rings (SSSR count). The molecule has 0 aromatic rings. The van der Waals surface area contributed by atoms with E-state index in [0.29, 0.717) is 25.7 Å². The fraction of sp³-hybridized carbons (Fsp3) is 0.833. The van der Waals surface area contributed by atoms with Crippen LogP contribution in [0.5, 0.6) is 0 Å². The molecule has 5 heteroatoms. The first-order valence-corrected chi connectivity index (χ1v) is 5.86. The molecule has 0 saturated carbocycles. The van der Waals surface area contributed by atoms with Crippen LogP contribution in [0.2, 0.25) is 0 Å². The first kappa shape index (κ1) is 22.3. The maximum Gasteiger partial charge on any atom is 2.00 e. The van der Waals surface area contributed by atoms with Gasteiger partial charge in [0.25, 0.3) is 0 Å². The van der Waals surface area contributed by atoms with Crippen LogP contribution in [0.3, 0.4) is 0 Å². The molecule has 0 fully saturated rings. The summed E-state index contributed by atoms with van der Waals surface area (Å²) in [5, 5.41) is 20.1. The molecule has 97 valence electrons. The van der Waals surface area contributed by atoms with Gasteiger partial charge in [-0.1, -0.05) is 27.7 Å². The SMILES string of the molecule is CCC(CC)C(=O)[O-].CCC(CC)C(=O)[O-].[La+2]. The summed E-state index contributed by atoms with van der Waals surface area (Å²) in [6.07, 6.45) is 2.72. The van der Waals surface area contributed by atoms with Crippen molar-refractivity contribution in [2.75, 3.05) is 0 Å². The molecule has 0 aliphatic rings. The molecule has 0 N–H and O–H groups in total. The van der Waals surface area contributed by atoms with Crippen LogP contribution < -0.4 is 10.2 Å². The van der Waals surface area contributed by atoms with Crippen LogP contribution in [-0.2, 0) is 9.59 Å². The quantitative estimate of drug-likeness (QED) is 0.677. The minimum atomic E-state index is -0.921. The van der Waals surface area contributed by atoms with Gasteiger partial charge < -0.3 is 19.8 Å². The van der Waals surface area contributed by atoms with Crippen LogP contribution in [-0.4, -0.2) is 11.9 Å². The van der Waals surface area contributed by atoms with Crippen molar-refractivity contribution in [3.63, 3.8) is 0 Å². The van der Waals surface area contributed by atoms with E-state index in [1.165, 1.54) is 0 Å². The van der Waals surface area contributed by atoms with Crippen LogP contribution in [0.15, 0.2) is 0 Å². The molecule has 0 aromatic heterocycles. The Morgan fingerprint density at radius 3 is 0.941 bits per heavy atom. The van der Waals surface area contributed by atoms with Gasteiger partial charge in [-0.15, -0.1) is 0 Å². The van der Waals surface area contributed by atoms with E-state index in [-0.39, 0.29) is 47.4 Å². The molecule has 0 saturated heterocycles. The number of aliphatic carboxylic acids is 2. The summed E-state index contributed by atoms with van der Waals surface area (Å²) in [6.45, 7) is 7.40. The van der Waals surface area contributed by atoms with Gasteiger partial charge in [-0.25, -0.2) is 0 Å². The molecule has 0 bridgehead atoms. The number of carboxylic acid groups (broad SMARTS) is 2. The summed E-state index contributed by atoms with van der Waals surface area (Å²) >= 11 is 0. The first-order chi connectivity index (χ1) is 7.44. The van der Waals surface area contributed by atoms with Crippen LogP contribution in [0.25, 0.3) is 0 Å². The monoisotopic (exact) mass is 369 g/mol. The zero-order valence-electron chi connectivity index (χ0n) is 11.2. The van der Waals surface area contributed by atoms with Crippen molar-refractivity contribution in [2.45, 2.75) is 53.4 Å². The zero-order chi connectivity index (χ0) is 13.1. The van der Waals surface area contributed by atoms with Gasteiger partial charge in [-0.05, 0) is 37.5 Å². The maximum atomic E-state index is 10.1. The number of hydrogen-bond donors (Lipinski definition) is 0. The van der Waals surface area contributed by atoms with Gasteiger partial charge in [0.2, 0.25) is 0 Å². The van der Waals surface area contributed by atoms with Crippen molar-refractivity contribution in [3.05, 3.63) is 0 Å². The van der Waals surface area contributed by atoms with Crippen LogP contribution in [0.1, 0.15) is 53.4 Å². The fourth-order valence-electron chi connectivity index (χ4n) is 1.24. The molecule has 0 spiro atoms. The van der Waals surface area contributed by atoms with E-state index in [2.05, 4.69) is 0 Å². The zero-order valence-corrected chi connectivity index (χ0v) is 14.8. The third-order valence-electron chi connectivity index (χ3n) is 2.64. The van der Waals surface area contributed by atoms with E-state index in [0.717, 1.165) is 0 Å². The topological polar surface area (TPSA) is 80.3 Å². The van der Waals surface area contributed by atoms with Crippen molar-refractivity contribution >= 4 is 11.9 Å². The molecule has 0 aromatic carbocycles. The van der Waals surface area contributed by atoms with Gasteiger partial charge >= 0.3 is 35.6 Å². The summed E-state index contributed by atoms with van der Waals surface area (Å²) in [7, 11) is 0. The Bertz CT molecular complexity index is 177. The molecule has 0 aliphatic heterocycles. The molecule has 0 heterocycles. The second kappa shape index (κ2) is 14.2. The number of rotatable bonds is 6. The Kier molecular flexibility index (Phi) is 18.6. The summed E-state index contributed by atoms with van der Waals surface area (Å²) in [6, 6.07) is 0. The average molecular weight is 369 g/mol. The first-order valence-electron chi connectivity index (χ1n) is 5.86. The largest absolute Gasteiger partial charge is 2.00 e. The number of carboxylic acids is 2. The van der Waals surface area contributed by atoms with Gasteiger partial charge in [0, 0.05) is 11.9 Å². The molecule has 4 nitrogen and oxygen atoms in total. The van der Waals surface area contributed by atoms with E-state index in [1.807, 2.05) is 27.7 Å². The van der Waals surface area contributed by atoms with Gasteiger partial charge in [-0.2, -0.15) is 0 Å². The fourth-order valence-corrected chi connectivity index (χ4v) is 1.24. The molecular formula is C12H22LaO4. The van der Waals surface area contributed by atoms with E-state index >= 15 is 0 Å². The molecular weight excluding hydrogens is 347 g/mol. The second-order valence-electron chi connectivity index (χ2n) is 3.66. The molecule has 0 aliphatic carbocycles. The molecule has 17 heavy (non-hydrogen) atoms. The second-order valence-corrected chi connectivity index (χ2v) is 3.66. The van der Waals surface area contributed by atoms with Crippen molar-refractivity contribution in [2.24, 2.45) is 11.8 Å². The minimum Gasteiger partial charge on any atom is -0.550 e. The smallest absolute Gasteiger partial charge is 0.550 e. The van der Waals surface area contributed by atoms with Crippen molar-refractivity contribution in [1.82, 2.24) is 0 Å². The van der Waals surface area contributed by atoms with Crippen molar-refractivity contribution in [1.29, 1.82) is 0 Å². The van der Waals surface area contributed by atoms with Crippen LogP contribution in [0.4, 0.5) is 0 Å². The van der Waals surface area contributed by atoms with Crippen LogP contribution in [0, 0.1) is 47.4 Å². The van der Waals surface area contributed by atoms with Gasteiger partial charge in [0.15, 0.2) is 0 Å². The normalized spacial score (nSPS) is 9.29. The number of hydrogen-bond acceptors (Lipinski definition) is 4. The van der Waals surface area contributed by atoms with Crippen molar-refractivity contribution in [3.8, 4) is 0 Å². The third kappa shape index (κ3) is 12.4. The third-order valence-corrected chi connectivity index (χ3v) is 2.64. The van der Waals surface area contributed by atoms with E-state index in [4.69, 9.17) is 0 Å². The van der Waals surface area contributed by atoms with Gasteiger partial charge in [-0.3, -0.25) is 0 Å². The molecule has 1 radical (unpaired) electrons. The predicted molar refractivity (Wildman–Crippen MR) is 58.2 cm³/mol. The predicted octanol–water partition coefficient (Wildman–Crippen LogP) is 0.345. The standard InChI is InChI=1S/2C6H12O2.La/c2*1-3-5(4-2)6(7)8;/h2*5H,3-4H2,1-2H3,(H,7,8);/q;;+2/p-2. The average Bonchev–Trinajstić information content (AvgIpc) is 2.21. The van der Waals surface area contributed by atoms with E-state index in [9.17, 15) is 19.8 Å². The Balaban J connectivity index is -0.000000218. The number of carbonyl (C=O) groups excluding carboxylic acids is 2. The van der Waals surface area contributed by atoms with Crippen molar-refractivity contribution < 1.29 is 55.4 Å². The van der Waals surface area contributed by atoms with Crippen LogP contribution >= 0.6 is 0 Å². The molecule has 0 unspecified atom stereocenters. The number of carbonyl (C=O) groups is 2. The Morgan fingerprint density at radius 1 is 0.765 bits per heavy atom. The van der Waals surface area contributed by atoms with Gasteiger partial charge in [0.05, 0.1) is 0 Å². The molecule has 0 amide bonds. The molecule has 0 atom stereocenters.